The highest BCUT2D eigenvalue weighted by atomic mass is 32.2. The third kappa shape index (κ3) is 8.51. The van der Waals surface area contributed by atoms with E-state index in [4.69, 9.17) is 4.74 Å². The fourth-order valence-corrected chi connectivity index (χ4v) is 4.79. The normalized spacial score (nSPS) is 12.8. The van der Waals surface area contributed by atoms with Crippen LogP contribution in [-0.2, 0) is 16.4 Å². The Hall–Kier alpha value is -4.00. The molecule has 42 heavy (non-hydrogen) atoms. The van der Waals surface area contributed by atoms with E-state index in [0.717, 1.165) is 24.0 Å². The minimum atomic E-state index is -4.51. The number of ether oxygens (including phenoxy) is 1. The molecule has 0 spiro atoms. The van der Waals surface area contributed by atoms with Crippen LogP contribution >= 0.6 is 0 Å². The number of nitrogens with one attached hydrogen (secondary N) is 2. The summed E-state index contributed by atoms with van der Waals surface area (Å²) in [4.78, 5) is 8.60. The Balaban J connectivity index is 2.06. The molecule has 2 aromatic carbocycles. The van der Waals surface area contributed by atoms with Gasteiger partial charge in [-0.15, -0.1) is 0 Å². The zero-order valence-corrected chi connectivity index (χ0v) is 24.5. The van der Waals surface area contributed by atoms with Crippen LogP contribution in [0.1, 0.15) is 42.7 Å². The van der Waals surface area contributed by atoms with Crippen molar-refractivity contribution in [2.45, 2.75) is 44.8 Å². The molecule has 13 heteroatoms. The molecule has 226 valence electrons. The summed E-state index contributed by atoms with van der Waals surface area (Å²) in [6.45, 7) is 4.00. The van der Waals surface area contributed by atoms with E-state index in [1.807, 2.05) is 13.8 Å². The van der Waals surface area contributed by atoms with E-state index >= 15 is 0 Å². The highest BCUT2D eigenvalue weighted by molar-refractivity contribution is 7.90. The van der Waals surface area contributed by atoms with Crippen LogP contribution in [0.2, 0.25) is 0 Å². The summed E-state index contributed by atoms with van der Waals surface area (Å²) in [6.07, 6.45) is 0.496. The van der Waals surface area contributed by atoms with E-state index in [-0.39, 0.29) is 34.6 Å². The van der Waals surface area contributed by atoms with Crippen LogP contribution in [-0.4, -0.2) is 44.5 Å². The van der Waals surface area contributed by atoms with Gasteiger partial charge in [0.2, 0.25) is 5.95 Å². The number of hydrogen-bond acceptors (Lipinski definition) is 7. The van der Waals surface area contributed by atoms with E-state index < -0.39 is 34.2 Å². The first-order valence-corrected chi connectivity index (χ1v) is 14.7. The van der Waals surface area contributed by atoms with Gasteiger partial charge in [0.05, 0.1) is 12.8 Å². The zero-order valence-electron chi connectivity index (χ0n) is 23.7. The maximum atomic E-state index is 13.6. The number of benzene rings is 2. The standard InChI is InChI=1S/C29H31F5N4O3S/c1-6-17(2)21(20-8-12-25(41-4)26(14-20)42(5,39)40)9-11-24-18(3)27(36-16-29(32,33)34)38-28(37-24)35-15-19-7-10-22(30)23(31)13-19/h7-14H,6,15-16H2,1-5H3,(H2,35,36,37,38). The number of nitrogens with zero attached hydrogens (tertiary/aromatic N) is 2. The van der Waals surface area contributed by atoms with Crippen molar-refractivity contribution < 1.29 is 35.1 Å². The fourth-order valence-electron chi connectivity index (χ4n) is 3.93. The second-order valence-corrected chi connectivity index (χ2v) is 11.5. The number of aromatic nitrogens is 2. The van der Waals surface area contributed by atoms with Crippen molar-refractivity contribution in [1.82, 2.24) is 9.97 Å². The first-order chi connectivity index (χ1) is 19.6. The molecule has 0 saturated carbocycles. The van der Waals surface area contributed by atoms with Gasteiger partial charge in [0.15, 0.2) is 21.5 Å². The molecule has 0 radical (unpaired) electrons. The number of halogens is 5. The minimum Gasteiger partial charge on any atom is -0.495 e. The SMILES string of the molecule is CCC(C)=C(C=Cc1nc(NCc2ccc(F)c(F)c2)nc(NCC(F)(F)F)c1C)c1ccc(OC)c(S(C)(=O)=O)c1. The second kappa shape index (κ2) is 13.3. The molecule has 0 bridgehead atoms. The van der Waals surface area contributed by atoms with Crippen molar-refractivity contribution in [2.75, 3.05) is 30.5 Å². The van der Waals surface area contributed by atoms with Gasteiger partial charge >= 0.3 is 6.18 Å². The average molecular weight is 611 g/mol. The summed E-state index contributed by atoms with van der Waals surface area (Å²) in [5.74, 6) is -1.98. The lowest BCUT2D eigenvalue weighted by Crippen LogP contribution is -2.23. The van der Waals surface area contributed by atoms with E-state index in [1.165, 1.54) is 19.2 Å². The van der Waals surface area contributed by atoms with Crippen molar-refractivity contribution in [3.05, 3.63) is 82.1 Å². The molecule has 2 N–H and O–H groups in total. The van der Waals surface area contributed by atoms with E-state index in [0.29, 0.717) is 28.7 Å². The number of alkyl halides is 3. The molecule has 0 saturated heterocycles. The van der Waals surface area contributed by atoms with Crippen LogP contribution in [0.3, 0.4) is 0 Å². The molecular formula is C29H31F5N4O3S. The number of sulfone groups is 1. The largest absolute Gasteiger partial charge is 0.495 e. The van der Waals surface area contributed by atoms with Gasteiger partial charge in [0.25, 0.3) is 0 Å². The molecule has 0 fully saturated rings. The molecule has 0 amide bonds. The Bertz CT molecular complexity index is 1620. The lowest BCUT2D eigenvalue weighted by atomic mass is 9.98. The molecule has 7 nitrogen and oxygen atoms in total. The van der Waals surface area contributed by atoms with Gasteiger partial charge in [-0.2, -0.15) is 18.2 Å². The fraction of sp³-hybridized carbons (Fsp3) is 0.310. The molecule has 3 rings (SSSR count). The van der Waals surface area contributed by atoms with Gasteiger partial charge in [-0.1, -0.05) is 30.7 Å². The highest BCUT2D eigenvalue weighted by Crippen LogP contribution is 2.31. The summed E-state index contributed by atoms with van der Waals surface area (Å²) in [5.41, 5.74) is 3.16. The molecule has 3 aromatic rings. The second-order valence-electron chi connectivity index (χ2n) is 9.50. The highest BCUT2D eigenvalue weighted by Gasteiger charge is 2.27. The van der Waals surface area contributed by atoms with Gasteiger partial charge < -0.3 is 15.4 Å². The van der Waals surface area contributed by atoms with Crippen molar-refractivity contribution in [1.29, 1.82) is 0 Å². The van der Waals surface area contributed by atoms with Gasteiger partial charge in [0.1, 0.15) is 23.0 Å². The van der Waals surface area contributed by atoms with Crippen molar-refractivity contribution >= 4 is 33.3 Å². The zero-order chi connectivity index (χ0) is 31.2. The Kier molecular flexibility index (Phi) is 10.3. The Morgan fingerprint density at radius 3 is 2.36 bits per heavy atom. The molecule has 1 aromatic heterocycles. The first kappa shape index (κ1) is 32.5. The summed E-state index contributed by atoms with van der Waals surface area (Å²) in [6, 6.07) is 8.08. The van der Waals surface area contributed by atoms with Gasteiger partial charge in [0, 0.05) is 18.4 Å². The van der Waals surface area contributed by atoms with Crippen LogP contribution in [0, 0.1) is 18.6 Å². The quantitative estimate of drug-likeness (QED) is 0.179. The number of hydrogen-bond donors (Lipinski definition) is 2. The molecule has 0 unspecified atom stereocenters. The molecule has 0 aliphatic rings. The van der Waals surface area contributed by atoms with Crippen LogP contribution < -0.4 is 15.4 Å². The van der Waals surface area contributed by atoms with E-state index in [2.05, 4.69) is 20.6 Å². The predicted octanol–water partition coefficient (Wildman–Crippen LogP) is 6.96. The monoisotopic (exact) mass is 610 g/mol. The lowest BCUT2D eigenvalue weighted by molar-refractivity contribution is -0.115. The third-order valence-corrected chi connectivity index (χ3v) is 7.46. The van der Waals surface area contributed by atoms with Crippen molar-refractivity contribution in [3.63, 3.8) is 0 Å². The Labute approximate surface area is 241 Å². The predicted molar refractivity (Wildman–Crippen MR) is 153 cm³/mol. The number of allylic oxidation sites excluding steroid dienone is 3. The summed E-state index contributed by atoms with van der Waals surface area (Å²) in [5, 5.41) is 5.13. The van der Waals surface area contributed by atoms with Crippen molar-refractivity contribution in [2.24, 2.45) is 0 Å². The molecule has 0 atom stereocenters. The Morgan fingerprint density at radius 1 is 1.05 bits per heavy atom. The molecule has 0 aliphatic carbocycles. The van der Waals surface area contributed by atoms with Crippen LogP contribution in [0.4, 0.5) is 33.7 Å². The summed E-state index contributed by atoms with van der Waals surface area (Å²) >= 11 is 0. The van der Waals surface area contributed by atoms with Gasteiger partial charge in [-0.05, 0) is 67.3 Å². The molecular weight excluding hydrogens is 579 g/mol. The van der Waals surface area contributed by atoms with Crippen molar-refractivity contribution in [3.8, 4) is 5.75 Å². The van der Waals surface area contributed by atoms with Gasteiger partial charge in [-0.3, -0.25) is 0 Å². The van der Waals surface area contributed by atoms with E-state index in [9.17, 15) is 30.4 Å². The number of rotatable bonds is 11. The first-order valence-electron chi connectivity index (χ1n) is 12.8. The number of anilines is 2. The van der Waals surface area contributed by atoms with E-state index in [1.54, 1.807) is 31.2 Å². The summed E-state index contributed by atoms with van der Waals surface area (Å²) < 4.78 is 95.9. The third-order valence-electron chi connectivity index (χ3n) is 6.35. The van der Waals surface area contributed by atoms with Gasteiger partial charge in [-0.25, -0.2) is 22.2 Å². The maximum absolute atomic E-state index is 13.6. The average Bonchev–Trinajstić information content (AvgIpc) is 2.92. The maximum Gasteiger partial charge on any atom is 0.405 e. The topological polar surface area (TPSA) is 93.2 Å². The van der Waals surface area contributed by atoms with Crippen LogP contribution in [0.15, 0.2) is 52.9 Å². The van der Waals surface area contributed by atoms with Crippen LogP contribution in [0.5, 0.6) is 5.75 Å². The molecule has 1 heterocycles. The minimum absolute atomic E-state index is 0.0119. The number of methoxy groups -OCH3 is 1. The van der Waals surface area contributed by atoms with Crippen LogP contribution in [0.25, 0.3) is 11.6 Å². The smallest absolute Gasteiger partial charge is 0.405 e. The summed E-state index contributed by atoms with van der Waals surface area (Å²) in [7, 11) is -2.24. The Morgan fingerprint density at radius 2 is 1.76 bits per heavy atom. The molecule has 0 aliphatic heterocycles. The lowest BCUT2D eigenvalue weighted by Gasteiger charge is -2.15.